The van der Waals surface area contributed by atoms with Crippen molar-refractivity contribution in [3.05, 3.63) is 35.9 Å². The molecule has 0 unspecified atom stereocenters. The van der Waals surface area contributed by atoms with Crippen LogP contribution in [0.2, 0.25) is 0 Å². The molecule has 0 bridgehead atoms. The highest BCUT2D eigenvalue weighted by Crippen LogP contribution is 2.42. The SMILES string of the molecule is CC(=O)N[C@@H]1CN(S(=O)(=O)N(C)Cc2ccccc2)C[C@H]1C1CC1. The van der Waals surface area contributed by atoms with E-state index in [-0.39, 0.29) is 17.9 Å². The molecule has 2 atom stereocenters. The molecular formula is C17H25N3O3S. The second-order valence-electron chi connectivity index (χ2n) is 6.87. The van der Waals surface area contributed by atoms with Crippen LogP contribution in [0.25, 0.3) is 0 Å². The second-order valence-corrected chi connectivity index (χ2v) is 8.91. The van der Waals surface area contributed by atoms with E-state index in [1.54, 1.807) is 7.05 Å². The van der Waals surface area contributed by atoms with Crippen LogP contribution in [0.5, 0.6) is 0 Å². The minimum Gasteiger partial charge on any atom is -0.352 e. The fourth-order valence-corrected chi connectivity index (χ4v) is 4.93. The maximum Gasteiger partial charge on any atom is 0.282 e. The number of nitrogens with one attached hydrogen (secondary N) is 1. The first-order chi connectivity index (χ1) is 11.4. The molecule has 1 aliphatic heterocycles. The van der Waals surface area contributed by atoms with Gasteiger partial charge in [-0.05, 0) is 30.2 Å². The molecule has 0 aromatic heterocycles. The van der Waals surface area contributed by atoms with Gasteiger partial charge in [0.05, 0.1) is 0 Å². The highest BCUT2D eigenvalue weighted by atomic mass is 32.2. The van der Waals surface area contributed by atoms with Crippen LogP contribution in [0.1, 0.15) is 25.3 Å². The lowest BCUT2D eigenvalue weighted by molar-refractivity contribution is -0.119. The monoisotopic (exact) mass is 351 g/mol. The molecule has 1 N–H and O–H groups in total. The highest BCUT2D eigenvalue weighted by molar-refractivity contribution is 7.86. The van der Waals surface area contributed by atoms with Crippen molar-refractivity contribution >= 4 is 16.1 Å². The van der Waals surface area contributed by atoms with Gasteiger partial charge in [0, 0.05) is 39.6 Å². The predicted octanol–water partition coefficient (Wildman–Crippen LogP) is 1.21. The number of hydrogen-bond acceptors (Lipinski definition) is 3. The van der Waals surface area contributed by atoms with Crippen LogP contribution in [-0.2, 0) is 21.5 Å². The third-order valence-electron chi connectivity index (χ3n) is 4.92. The van der Waals surface area contributed by atoms with Crippen molar-refractivity contribution in [2.75, 3.05) is 20.1 Å². The average molecular weight is 351 g/mol. The fourth-order valence-electron chi connectivity index (χ4n) is 3.52. The summed E-state index contributed by atoms with van der Waals surface area (Å²) in [5.74, 6) is 0.679. The quantitative estimate of drug-likeness (QED) is 0.837. The molecule has 0 spiro atoms. The van der Waals surface area contributed by atoms with Gasteiger partial charge in [-0.25, -0.2) is 0 Å². The van der Waals surface area contributed by atoms with Crippen molar-refractivity contribution in [1.29, 1.82) is 0 Å². The normalized spacial score (nSPS) is 25.1. The molecule has 2 aliphatic rings. The number of carbonyl (C=O) groups is 1. The van der Waals surface area contributed by atoms with E-state index < -0.39 is 10.2 Å². The Bertz CT molecular complexity index is 688. The van der Waals surface area contributed by atoms with Crippen molar-refractivity contribution in [2.24, 2.45) is 11.8 Å². The molecule has 1 aromatic rings. The van der Waals surface area contributed by atoms with Crippen molar-refractivity contribution < 1.29 is 13.2 Å². The van der Waals surface area contributed by atoms with Gasteiger partial charge in [0.25, 0.3) is 10.2 Å². The Morgan fingerprint density at radius 2 is 1.92 bits per heavy atom. The average Bonchev–Trinajstić information content (AvgIpc) is 3.28. The topological polar surface area (TPSA) is 69.7 Å². The molecular weight excluding hydrogens is 326 g/mol. The molecule has 3 rings (SSSR count). The van der Waals surface area contributed by atoms with Gasteiger partial charge >= 0.3 is 0 Å². The van der Waals surface area contributed by atoms with Crippen molar-refractivity contribution in [2.45, 2.75) is 32.4 Å². The van der Waals surface area contributed by atoms with Gasteiger partial charge in [0.2, 0.25) is 5.91 Å². The smallest absolute Gasteiger partial charge is 0.282 e. The summed E-state index contributed by atoms with van der Waals surface area (Å²) in [6.45, 7) is 2.69. The van der Waals surface area contributed by atoms with Crippen molar-refractivity contribution in [1.82, 2.24) is 13.9 Å². The molecule has 132 valence electrons. The van der Waals surface area contributed by atoms with Crippen molar-refractivity contribution in [3.63, 3.8) is 0 Å². The Morgan fingerprint density at radius 3 is 2.50 bits per heavy atom. The molecule has 1 saturated heterocycles. The van der Waals surface area contributed by atoms with Gasteiger partial charge in [-0.3, -0.25) is 4.79 Å². The first-order valence-corrected chi connectivity index (χ1v) is 9.80. The lowest BCUT2D eigenvalue weighted by Gasteiger charge is -2.24. The van der Waals surface area contributed by atoms with E-state index in [2.05, 4.69) is 5.32 Å². The lowest BCUT2D eigenvalue weighted by Crippen LogP contribution is -2.43. The Hall–Kier alpha value is -1.44. The summed E-state index contributed by atoms with van der Waals surface area (Å²) in [4.78, 5) is 11.4. The maximum absolute atomic E-state index is 12.9. The molecule has 1 saturated carbocycles. The summed E-state index contributed by atoms with van der Waals surface area (Å²) < 4.78 is 28.7. The number of rotatable bonds is 6. The lowest BCUT2D eigenvalue weighted by atomic mass is 9.98. The number of benzene rings is 1. The summed E-state index contributed by atoms with van der Waals surface area (Å²) in [5, 5.41) is 2.94. The number of amides is 1. The van der Waals surface area contributed by atoms with E-state index in [0.29, 0.717) is 25.6 Å². The highest BCUT2D eigenvalue weighted by Gasteiger charge is 2.46. The number of nitrogens with zero attached hydrogens (tertiary/aromatic N) is 2. The summed E-state index contributed by atoms with van der Waals surface area (Å²) >= 11 is 0. The van der Waals surface area contributed by atoms with Gasteiger partial charge in [-0.2, -0.15) is 17.0 Å². The van der Waals surface area contributed by atoms with Gasteiger partial charge in [-0.15, -0.1) is 0 Å². The molecule has 1 aliphatic carbocycles. The molecule has 6 nitrogen and oxygen atoms in total. The molecule has 1 heterocycles. The zero-order chi connectivity index (χ0) is 17.3. The Balaban J connectivity index is 1.70. The Kier molecular flexibility index (Phi) is 4.94. The van der Waals surface area contributed by atoms with E-state index in [4.69, 9.17) is 0 Å². The van der Waals surface area contributed by atoms with Gasteiger partial charge in [0.1, 0.15) is 0 Å². The minimum atomic E-state index is -3.53. The van der Waals surface area contributed by atoms with Crippen LogP contribution in [-0.4, -0.2) is 49.1 Å². The van der Waals surface area contributed by atoms with Crippen molar-refractivity contribution in [3.8, 4) is 0 Å². The summed E-state index contributed by atoms with van der Waals surface area (Å²) in [5.41, 5.74) is 0.958. The molecule has 1 amide bonds. The minimum absolute atomic E-state index is 0.0742. The van der Waals surface area contributed by atoms with Gasteiger partial charge < -0.3 is 5.32 Å². The second kappa shape index (κ2) is 6.82. The number of carbonyl (C=O) groups excluding carboxylic acids is 1. The van der Waals surface area contributed by atoms with Gasteiger partial charge in [0.15, 0.2) is 0 Å². The molecule has 2 fully saturated rings. The fraction of sp³-hybridized carbons (Fsp3) is 0.588. The predicted molar refractivity (Wildman–Crippen MR) is 92.2 cm³/mol. The van der Waals surface area contributed by atoms with Gasteiger partial charge in [-0.1, -0.05) is 30.3 Å². The van der Waals surface area contributed by atoms with Crippen LogP contribution in [0.4, 0.5) is 0 Å². The van der Waals surface area contributed by atoms with Crippen LogP contribution in [0.3, 0.4) is 0 Å². The maximum atomic E-state index is 12.9. The van der Waals surface area contributed by atoms with Crippen LogP contribution in [0, 0.1) is 11.8 Å². The van der Waals surface area contributed by atoms with E-state index in [9.17, 15) is 13.2 Å². The third-order valence-corrected chi connectivity index (χ3v) is 6.78. The van der Waals surface area contributed by atoms with Crippen LogP contribution >= 0.6 is 0 Å². The molecule has 0 radical (unpaired) electrons. The van der Waals surface area contributed by atoms with Crippen LogP contribution < -0.4 is 5.32 Å². The zero-order valence-electron chi connectivity index (χ0n) is 14.2. The summed E-state index contributed by atoms with van der Waals surface area (Å²) in [7, 11) is -1.92. The zero-order valence-corrected chi connectivity index (χ0v) is 15.0. The largest absolute Gasteiger partial charge is 0.352 e. The molecule has 7 heteroatoms. The van der Waals surface area contributed by atoms with E-state index in [0.717, 1.165) is 18.4 Å². The summed E-state index contributed by atoms with van der Waals surface area (Å²) in [6.07, 6.45) is 2.27. The van der Waals surface area contributed by atoms with E-state index >= 15 is 0 Å². The van der Waals surface area contributed by atoms with E-state index in [1.165, 1.54) is 15.5 Å². The first-order valence-electron chi connectivity index (χ1n) is 8.40. The molecule has 1 aromatic carbocycles. The Morgan fingerprint density at radius 1 is 1.25 bits per heavy atom. The summed E-state index contributed by atoms with van der Waals surface area (Å²) in [6, 6.07) is 9.49. The Labute approximate surface area is 144 Å². The molecule has 24 heavy (non-hydrogen) atoms. The number of hydrogen-bond donors (Lipinski definition) is 1. The first kappa shape index (κ1) is 17.4. The van der Waals surface area contributed by atoms with Crippen LogP contribution in [0.15, 0.2) is 30.3 Å². The standard InChI is InChI=1S/C17H25N3O3S/c1-13(21)18-17-12-20(11-16(17)15-8-9-15)24(22,23)19(2)10-14-6-4-3-5-7-14/h3-7,15-17H,8-12H2,1-2H3,(H,18,21)/t16-,17+/m0/s1. The van der Waals surface area contributed by atoms with E-state index in [1.807, 2.05) is 30.3 Å². The third kappa shape index (κ3) is 3.79.